The summed E-state index contributed by atoms with van der Waals surface area (Å²) in [5.74, 6) is -0.794. The van der Waals surface area contributed by atoms with E-state index < -0.39 is 5.82 Å². The molecular formula is C16H10F2N2. The summed E-state index contributed by atoms with van der Waals surface area (Å²) in [6, 6.07) is 12.8. The molecule has 2 aromatic carbocycles. The molecule has 2 nitrogen and oxygen atoms in total. The molecule has 1 heterocycles. The van der Waals surface area contributed by atoms with Gasteiger partial charge in [-0.25, -0.2) is 8.78 Å². The highest BCUT2D eigenvalue weighted by molar-refractivity contribution is 5.80. The van der Waals surface area contributed by atoms with E-state index in [1.165, 1.54) is 18.2 Å². The van der Waals surface area contributed by atoms with E-state index in [2.05, 4.69) is 0 Å². The van der Waals surface area contributed by atoms with Crippen molar-refractivity contribution in [1.82, 2.24) is 4.57 Å². The van der Waals surface area contributed by atoms with Gasteiger partial charge < -0.3 is 4.57 Å². The monoisotopic (exact) mass is 268 g/mol. The Hall–Kier alpha value is -2.67. The Labute approximate surface area is 114 Å². The zero-order chi connectivity index (χ0) is 14.1. The van der Waals surface area contributed by atoms with Gasteiger partial charge in [0.15, 0.2) is 0 Å². The van der Waals surface area contributed by atoms with Gasteiger partial charge in [-0.3, -0.25) is 0 Å². The minimum Gasteiger partial charge on any atom is -0.343 e. The summed E-state index contributed by atoms with van der Waals surface area (Å²) in [5.41, 5.74) is 1.59. The second-order valence-electron chi connectivity index (χ2n) is 4.54. The van der Waals surface area contributed by atoms with Crippen LogP contribution in [0.15, 0.2) is 48.7 Å². The Kier molecular flexibility index (Phi) is 2.96. The van der Waals surface area contributed by atoms with Crippen LogP contribution in [-0.4, -0.2) is 4.57 Å². The van der Waals surface area contributed by atoms with Crippen LogP contribution in [0.25, 0.3) is 10.9 Å². The molecule has 3 rings (SSSR count). The number of benzene rings is 2. The van der Waals surface area contributed by atoms with Gasteiger partial charge in [-0.2, -0.15) is 5.26 Å². The van der Waals surface area contributed by atoms with Gasteiger partial charge in [0.1, 0.15) is 17.7 Å². The van der Waals surface area contributed by atoms with Crippen molar-refractivity contribution in [2.75, 3.05) is 0 Å². The fraction of sp³-hybridized carbons (Fsp3) is 0.0625. The van der Waals surface area contributed by atoms with Gasteiger partial charge in [0.2, 0.25) is 0 Å². The molecule has 3 aromatic rings. The van der Waals surface area contributed by atoms with Gasteiger partial charge in [-0.15, -0.1) is 0 Å². The molecule has 0 amide bonds. The average molecular weight is 268 g/mol. The van der Waals surface area contributed by atoms with Crippen molar-refractivity contribution in [2.24, 2.45) is 0 Å². The van der Waals surface area contributed by atoms with Crippen LogP contribution in [0.1, 0.15) is 11.1 Å². The summed E-state index contributed by atoms with van der Waals surface area (Å²) < 4.78 is 28.7. The molecule has 0 aliphatic heterocycles. The second-order valence-corrected chi connectivity index (χ2v) is 4.54. The fourth-order valence-corrected chi connectivity index (χ4v) is 2.28. The maximum absolute atomic E-state index is 13.6. The lowest BCUT2D eigenvalue weighted by molar-refractivity contribution is 0.622. The van der Waals surface area contributed by atoms with Crippen LogP contribution in [0.4, 0.5) is 8.78 Å². The number of aromatic nitrogens is 1. The molecule has 0 spiro atoms. The Morgan fingerprint density at radius 3 is 2.70 bits per heavy atom. The highest BCUT2D eigenvalue weighted by Crippen LogP contribution is 2.20. The Balaban J connectivity index is 2.02. The van der Waals surface area contributed by atoms with E-state index in [4.69, 9.17) is 5.26 Å². The van der Waals surface area contributed by atoms with Crippen LogP contribution in [0.3, 0.4) is 0 Å². The molecule has 0 unspecified atom stereocenters. The third-order valence-corrected chi connectivity index (χ3v) is 3.26. The first-order valence-corrected chi connectivity index (χ1v) is 6.11. The zero-order valence-corrected chi connectivity index (χ0v) is 10.5. The van der Waals surface area contributed by atoms with Crippen molar-refractivity contribution >= 4 is 10.9 Å². The predicted molar refractivity (Wildman–Crippen MR) is 72.1 cm³/mol. The first-order chi connectivity index (χ1) is 9.69. The van der Waals surface area contributed by atoms with Gasteiger partial charge in [-0.1, -0.05) is 12.1 Å². The van der Waals surface area contributed by atoms with Crippen molar-refractivity contribution in [1.29, 1.82) is 5.26 Å². The summed E-state index contributed by atoms with van der Waals surface area (Å²) >= 11 is 0. The molecule has 0 bridgehead atoms. The van der Waals surface area contributed by atoms with Gasteiger partial charge in [0.05, 0.1) is 11.1 Å². The van der Waals surface area contributed by atoms with Crippen LogP contribution < -0.4 is 0 Å². The molecule has 0 fully saturated rings. The van der Waals surface area contributed by atoms with Gasteiger partial charge in [0.25, 0.3) is 0 Å². The van der Waals surface area contributed by atoms with Crippen molar-refractivity contribution in [2.45, 2.75) is 6.54 Å². The van der Waals surface area contributed by atoms with Crippen molar-refractivity contribution in [3.63, 3.8) is 0 Å². The lowest BCUT2D eigenvalue weighted by Crippen LogP contribution is -1.99. The zero-order valence-electron chi connectivity index (χ0n) is 10.5. The third kappa shape index (κ3) is 2.04. The molecule has 0 saturated heterocycles. The molecule has 0 atom stereocenters. The van der Waals surface area contributed by atoms with Crippen molar-refractivity contribution in [3.05, 3.63) is 71.4 Å². The Morgan fingerprint density at radius 2 is 1.90 bits per heavy atom. The topological polar surface area (TPSA) is 28.7 Å². The highest BCUT2D eigenvalue weighted by Gasteiger charge is 2.07. The smallest absolute Gasteiger partial charge is 0.140 e. The number of nitriles is 1. The van der Waals surface area contributed by atoms with Gasteiger partial charge in [0, 0.05) is 18.1 Å². The van der Waals surface area contributed by atoms with Crippen LogP contribution in [0.5, 0.6) is 0 Å². The lowest BCUT2D eigenvalue weighted by Gasteiger charge is -2.06. The average Bonchev–Trinajstić information content (AvgIpc) is 2.86. The van der Waals surface area contributed by atoms with E-state index in [9.17, 15) is 8.78 Å². The number of halogens is 2. The predicted octanol–water partition coefficient (Wildman–Crippen LogP) is 3.84. The standard InChI is InChI=1S/C16H10F2N2/c17-14-5-4-11(8-12(14)9-19)10-20-7-6-13-15(18)2-1-3-16(13)20/h1-8H,10H2. The third-order valence-electron chi connectivity index (χ3n) is 3.26. The number of hydrogen-bond acceptors (Lipinski definition) is 1. The lowest BCUT2D eigenvalue weighted by atomic mass is 10.1. The summed E-state index contributed by atoms with van der Waals surface area (Å²) in [6.45, 7) is 0.460. The Bertz CT molecular complexity index is 828. The number of rotatable bonds is 2. The normalized spacial score (nSPS) is 10.7. The Morgan fingerprint density at radius 1 is 1.05 bits per heavy atom. The van der Waals surface area contributed by atoms with E-state index in [1.807, 2.05) is 16.7 Å². The van der Waals surface area contributed by atoms with Crippen LogP contribution in [-0.2, 0) is 6.54 Å². The maximum Gasteiger partial charge on any atom is 0.140 e. The summed E-state index contributed by atoms with van der Waals surface area (Å²) in [7, 11) is 0. The highest BCUT2D eigenvalue weighted by atomic mass is 19.1. The molecule has 0 N–H and O–H groups in total. The molecule has 0 aliphatic carbocycles. The molecular weight excluding hydrogens is 258 g/mol. The van der Waals surface area contributed by atoms with Crippen LogP contribution >= 0.6 is 0 Å². The molecule has 20 heavy (non-hydrogen) atoms. The van der Waals surface area contributed by atoms with E-state index in [0.29, 0.717) is 11.9 Å². The first-order valence-electron chi connectivity index (χ1n) is 6.11. The first kappa shape index (κ1) is 12.4. The molecule has 0 aliphatic rings. The van der Waals surface area contributed by atoms with Crippen LogP contribution in [0, 0.1) is 23.0 Å². The second kappa shape index (κ2) is 4.78. The van der Waals surface area contributed by atoms with E-state index in [1.54, 1.807) is 24.4 Å². The molecule has 98 valence electrons. The summed E-state index contributed by atoms with van der Waals surface area (Å²) in [6.07, 6.45) is 1.78. The van der Waals surface area contributed by atoms with E-state index in [-0.39, 0.29) is 11.4 Å². The molecule has 0 saturated carbocycles. The quantitative estimate of drug-likeness (QED) is 0.694. The number of fused-ring (bicyclic) bond motifs is 1. The van der Waals surface area contributed by atoms with E-state index >= 15 is 0 Å². The van der Waals surface area contributed by atoms with Crippen molar-refractivity contribution < 1.29 is 8.78 Å². The minimum atomic E-state index is -0.528. The molecule has 4 heteroatoms. The number of nitrogens with zero attached hydrogens (tertiary/aromatic N) is 2. The summed E-state index contributed by atoms with van der Waals surface area (Å²) in [5, 5.41) is 9.38. The van der Waals surface area contributed by atoms with Crippen molar-refractivity contribution in [3.8, 4) is 6.07 Å². The summed E-state index contributed by atoms with van der Waals surface area (Å²) in [4.78, 5) is 0. The molecule has 0 radical (unpaired) electrons. The SMILES string of the molecule is N#Cc1cc(Cn2ccc3c(F)cccc32)ccc1F. The van der Waals surface area contributed by atoms with Gasteiger partial charge >= 0.3 is 0 Å². The fourth-order valence-electron chi connectivity index (χ4n) is 2.28. The molecule has 1 aromatic heterocycles. The number of hydrogen-bond donors (Lipinski definition) is 0. The van der Waals surface area contributed by atoms with E-state index in [0.717, 1.165) is 11.1 Å². The minimum absolute atomic E-state index is 0.0187. The largest absolute Gasteiger partial charge is 0.343 e. The van der Waals surface area contributed by atoms with Crippen LogP contribution in [0.2, 0.25) is 0 Å². The maximum atomic E-state index is 13.6. The van der Waals surface area contributed by atoms with Gasteiger partial charge in [-0.05, 0) is 35.9 Å².